The van der Waals surface area contributed by atoms with E-state index in [4.69, 9.17) is 16.6 Å². The molecule has 2 aromatic heterocycles. The molecule has 2 heterocycles. The van der Waals surface area contributed by atoms with Crippen molar-refractivity contribution in [1.82, 2.24) is 9.55 Å². The van der Waals surface area contributed by atoms with Crippen LogP contribution in [0.25, 0.3) is 27.6 Å². The number of rotatable bonds is 1. The molecule has 0 saturated carbocycles. The van der Waals surface area contributed by atoms with E-state index in [-0.39, 0.29) is 0 Å². The number of hydrogen-bond acceptors (Lipinski definition) is 1. The van der Waals surface area contributed by atoms with Crippen LogP contribution >= 0.6 is 11.6 Å². The number of para-hydroxylation sites is 2. The number of pyridine rings is 1. The third kappa shape index (κ3) is 1.83. The Morgan fingerprint density at radius 3 is 2.48 bits per heavy atom. The average Bonchev–Trinajstić information content (AvgIpc) is 2.86. The maximum absolute atomic E-state index is 6.63. The van der Waals surface area contributed by atoms with Crippen molar-refractivity contribution in [3.05, 3.63) is 71.4 Å². The fourth-order valence-corrected chi connectivity index (χ4v) is 3.18. The fourth-order valence-electron chi connectivity index (χ4n) is 2.79. The van der Waals surface area contributed by atoms with Crippen LogP contribution < -0.4 is 0 Å². The Morgan fingerprint density at radius 2 is 1.67 bits per heavy atom. The number of halogens is 1. The SMILES string of the molecule is Cc1cn(-c2ccccc2)c2nc3ccccc3c(Cl)c12. The van der Waals surface area contributed by atoms with Crippen LogP contribution in [0.5, 0.6) is 0 Å². The van der Waals surface area contributed by atoms with E-state index < -0.39 is 0 Å². The summed E-state index contributed by atoms with van der Waals surface area (Å²) >= 11 is 6.63. The molecule has 102 valence electrons. The Bertz CT molecular complexity index is 955. The normalized spacial score (nSPS) is 11.3. The largest absolute Gasteiger partial charge is 0.301 e. The number of fused-ring (bicyclic) bond motifs is 2. The van der Waals surface area contributed by atoms with Crippen molar-refractivity contribution in [1.29, 1.82) is 0 Å². The van der Waals surface area contributed by atoms with Gasteiger partial charge < -0.3 is 4.57 Å². The quantitative estimate of drug-likeness (QED) is 0.475. The summed E-state index contributed by atoms with van der Waals surface area (Å²) in [5.74, 6) is 0. The van der Waals surface area contributed by atoms with Gasteiger partial charge in [0.25, 0.3) is 0 Å². The number of benzene rings is 2. The number of aromatic nitrogens is 2. The minimum Gasteiger partial charge on any atom is -0.301 e. The zero-order valence-electron chi connectivity index (χ0n) is 11.5. The summed E-state index contributed by atoms with van der Waals surface area (Å²) in [7, 11) is 0. The highest BCUT2D eigenvalue weighted by atomic mass is 35.5. The summed E-state index contributed by atoms with van der Waals surface area (Å²) in [5, 5.41) is 2.81. The summed E-state index contributed by atoms with van der Waals surface area (Å²) in [6, 6.07) is 18.2. The zero-order chi connectivity index (χ0) is 14.4. The van der Waals surface area contributed by atoms with Crippen LogP contribution in [0.3, 0.4) is 0 Å². The Kier molecular flexibility index (Phi) is 2.72. The second-order valence-electron chi connectivity index (χ2n) is 5.16. The Balaban J connectivity index is 2.16. The van der Waals surface area contributed by atoms with Crippen LogP contribution in [-0.2, 0) is 0 Å². The molecule has 0 radical (unpaired) electrons. The second kappa shape index (κ2) is 4.61. The van der Waals surface area contributed by atoms with E-state index in [9.17, 15) is 0 Å². The van der Waals surface area contributed by atoms with E-state index in [0.29, 0.717) is 0 Å². The summed E-state index contributed by atoms with van der Waals surface area (Å²) < 4.78 is 2.10. The van der Waals surface area contributed by atoms with Gasteiger partial charge in [0, 0.05) is 22.7 Å². The van der Waals surface area contributed by atoms with Crippen molar-refractivity contribution in [2.24, 2.45) is 0 Å². The van der Waals surface area contributed by atoms with Gasteiger partial charge in [-0.05, 0) is 30.7 Å². The zero-order valence-corrected chi connectivity index (χ0v) is 12.3. The standard InChI is InChI=1S/C18H13ClN2/c1-12-11-21(13-7-3-2-4-8-13)18-16(12)17(19)14-9-5-6-10-15(14)20-18/h2-11H,1H3. The minimum atomic E-state index is 0.780. The number of hydrogen-bond donors (Lipinski definition) is 0. The van der Waals surface area contributed by atoms with E-state index in [1.54, 1.807) is 0 Å². The Hall–Kier alpha value is -2.32. The maximum Gasteiger partial charge on any atom is 0.146 e. The summed E-state index contributed by atoms with van der Waals surface area (Å²) in [6.45, 7) is 2.07. The van der Waals surface area contributed by atoms with E-state index in [2.05, 4.69) is 29.8 Å². The summed E-state index contributed by atoms with van der Waals surface area (Å²) in [4.78, 5) is 4.81. The van der Waals surface area contributed by atoms with Gasteiger partial charge in [0.15, 0.2) is 0 Å². The molecule has 0 fully saturated rings. The van der Waals surface area contributed by atoms with E-state index in [0.717, 1.165) is 38.2 Å². The van der Waals surface area contributed by atoms with Gasteiger partial charge in [-0.1, -0.05) is 48.0 Å². The molecule has 2 nitrogen and oxygen atoms in total. The lowest BCUT2D eigenvalue weighted by Gasteiger charge is -2.06. The Labute approximate surface area is 127 Å². The lowest BCUT2D eigenvalue weighted by molar-refractivity contribution is 1.09. The number of nitrogens with zero attached hydrogens (tertiary/aromatic N) is 2. The smallest absolute Gasteiger partial charge is 0.146 e. The first-order valence-corrected chi connectivity index (χ1v) is 7.25. The molecule has 21 heavy (non-hydrogen) atoms. The molecule has 2 aromatic carbocycles. The van der Waals surface area contributed by atoms with Gasteiger partial charge in [-0.2, -0.15) is 0 Å². The highest BCUT2D eigenvalue weighted by Crippen LogP contribution is 2.34. The molecule has 0 N–H and O–H groups in total. The van der Waals surface area contributed by atoms with Gasteiger partial charge in [-0.25, -0.2) is 4.98 Å². The summed E-state index contributed by atoms with van der Waals surface area (Å²) in [5.41, 5.74) is 4.05. The first kappa shape index (κ1) is 12.4. The highest BCUT2D eigenvalue weighted by molar-refractivity contribution is 6.40. The molecule has 0 aliphatic heterocycles. The molecular formula is C18H13ClN2. The summed E-state index contributed by atoms with van der Waals surface area (Å²) in [6.07, 6.45) is 2.09. The molecule has 0 bridgehead atoms. The van der Waals surface area contributed by atoms with Gasteiger partial charge in [0.05, 0.1) is 10.5 Å². The van der Waals surface area contributed by atoms with Crippen LogP contribution in [0.2, 0.25) is 5.02 Å². The van der Waals surface area contributed by atoms with Gasteiger partial charge in [0.1, 0.15) is 5.65 Å². The van der Waals surface area contributed by atoms with Crippen molar-refractivity contribution < 1.29 is 0 Å². The molecule has 0 aliphatic rings. The monoisotopic (exact) mass is 292 g/mol. The minimum absolute atomic E-state index is 0.780. The molecule has 0 unspecified atom stereocenters. The first-order chi connectivity index (χ1) is 10.3. The van der Waals surface area contributed by atoms with Crippen LogP contribution in [-0.4, -0.2) is 9.55 Å². The fraction of sp³-hybridized carbons (Fsp3) is 0.0556. The van der Waals surface area contributed by atoms with Crippen molar-refractivity contribution in [2.45, 2.75) is 6.92 Å². The van der Waals surface area contributed by atoms with Crippen molar-refractivity contribution in [2.75, 3.05) is 0 Å². The van der Waals surface area contributed by atoms with Crippen LogP contribution in [0.4, 0.5) is 0 Å². The van der Waals surface area contributed by atoms with Crippen molar-refractivity contribution in [3.63, 3.8) is 0 Å². The molecule has 4 rings (SSSR count). The molecule has 0 atom stereocenters. The average molecular weight is 293 g/mol. The van der Waals surface area contributed by atoms with Crippen LogP contribution in [0.1, 0.15) is 5.56 Å². The van der Waals surface area contributed by atoms with Gasteiger partial charge >= 0.3 is 0 Å². The van der Waals surface area contributed by atoms with Crippen LogP contribution in [0.15, 0.2) is 60.8 Å². The molecule has 0 spiro atoms. The van der Waals surface area contributed by atoms with Gasteiger partial charge in [0.2, 0.25) is 0 Å². The molecule has 0 saturated heterocycles. The molecule has 3 heteroatoms. The van der Waals surface area contributed by atoms with Gasteiger partial charge in [-0.15, -0.1) is 0 Å². The third-order valence-corrected chi connectivity index (χ3v) is 4.18. The van der Waals surface area contributed by atoms with E-state index >= 15 is 0 Å². The van der Waals surface area contributed by atoms with E-state index in [1.165, 1.54) is 0 Å². The third-order valence-electron chi connectivity index (χ3n) is 3.79. The highest BCUT2D eigenvalue weighted by Gasteiger charge is 2.14. The van der Waals surface area contributed by atoms with Crippen molar-refractivity contribution in [3.8, 4) is 5.69 Å². The topological polar surface area (TPSA) is 17.8 Å². The molecule has 0 amide bonds. The molecule has 4 aromatic rings. The first-order valence-electron chi connectivity index (χ1n) is 6.87. The van der Waals surface area contributed by atoms with Crippen molar-refractivity contribution >= 4 is 33.5 Å². The lowest BCUT2D eigenvalue weighted by atomic mass is 10.1. The molecular weight excluding hydrogens is 280 g/mol. The van der Waals surface area contributed by atoms with E-state index in [1.807, 2.05) is 42.5 Å². The predicted octanol–water partition coefficient (Wildman–Crippen LogP) is 5.14. The van der Waals surface area contributed by atoms with Crippen LogP contribution in [0, 0.1) is 6.92 Å². The molecule has 0 aliphatic carbocycles. The Morgan fingerprint density at radius 1 is 0.952 bits per heavy atom. The maximum atomic E-state index is 6.63. The number of aryl methyl sites for hydroxylation is 1. The van der Waals surface area contributed by atoms with Gasteiger partial charge in [-0.3, -0.25) is 0 Å². The lowest BCUT2D eigenvalue weighted by Crippen LogP contribution is -1.94. The second-order valence-corrected chi connectivity index (χ2v) is 5.54. The predicted molar refractivity (Wildman–Crippen MR) is 88.3 cm³/mol.